The van der Waals surface area contributed by atoms with Gasteiger partial charge in [-0.05, 0) is 43.3 Å². The van der Waals surface area contributed by atoms with Crippen molar-refractivity contribution in [2.24, 2.45) is 0 Å². The minimum Gasteiger partial charge on any atom is -0.497 e. The Kier molecular flexibility index (Phi) is 7.47. The van der Waals surface area contributed by atoms with Crippen molar-refractivity contribution < 1.29 is 22.7 Å². The first-order chi connectivity index (χ1) is 13.3. The van der Waals surface area contributed by atoms with Crippen molar-refractivity contribution in [2.45, 2.75) is 17.9 Å². The highest BCUT2D eigenvalue weighted by Crippen LogP contribution is 2.15. The monoisotopic (exact) mass is 406 g/mol. The summed E-state index contributed by atoms with van der Waals surface area (Å²) >= 11 is 0. The normalized spacial score (nSPS) is 12.1. The number of hydrogen-bond acceptors (Lipinski definition) is 6. The molecule has 2 rings (SSSR count). The van der Waals surface area contributed by atoms with Gasteiger partial charge in [0, 0.05) is 25.5 Å². The van der Waals surface area contributed by atoms with Gasteiger partial charge in [0.15, 0.2) is 0 Å². The molecule has 1 aromatic carbocycles. The summed E-state index contributed by atoms with van der Waals surface area (Å²) in [6, 6.07) is 8.10. The molecular weight excluding hydrogens is 384 g/mol. The molecule has 0 aliphatic rings. The summed E-state index contributed by atoms with van der Waals surface area (Å²) < 4.78 is 32.0. The van der Waals surface area contributed by atoms with E-state index in [0.717, 1.165) is 0 Å². The molecule has 0 fully saturated rings. The predicted octanol–water partition coefficient (Wildman–Crippen LogP) is 0.303. The van der Waals surface area contributed by atoms with Crippen LogP contribution < -0.4 is 20.1 Å². The van der Waals surface area contributed by atoms with Crippen LogP contribution in [-0.4, -0.2) is 51.5 Å². The molecule has 1 atom stereocenters. The van der Waals surface area contributed by atoms with Gasteiger partial charge in [0.25, 0.3) is 5.91 Å². The molecule has 1 heterocycles. The zero-order valence-electron chi connectivity index (χ0n) is 15.5. The Morgan fingerprint density at radius 1 is 1.11 bits per heavy atom. The van der Waals surface area contributed by atoms with Crippen LogP contribution in [0.1, 0.15) is 17.3 Å². The number of rotatable bonds is 9. The number of carbonyl (C=O) groups is 2. The fourth-order valence-electron chi connectivity index (χ4n) is 2.22. The standard InChI is InChI=1S/C18H22N4O5S/c1-13(22-28(25,26)16-7-5-15(27-2)6-8-16)17(23)20-10-11-21-18(24)14-4-3-9-19-12-14/h3-9,12-13,22H,10-11H2,1-2H3,(H,20,23)(H,21,24)/t13-/m0/s1. The third-order valence-electron chi connectivity index (χ3n) is 3.73. The lowest BCUT2D eigenvalue weighted by atomic mass is 10.3. The van der Waals surface area contributed by atoms with Gasteiger partial charge in [-0.2, -0.15) is 4.72 Å². The smallest absolute Gasteiger partial charge is 0.252 e. The molecule has 0 unspecified atom stereocenters. The number of pyridine rings is 1. The predicted molar refractivity (Wildman–Crippen MR) is 102 cm³/mol. The molecule has 0 saturated carbocycles. The number of ether oxygens (including phenoxy) is 1. The van der Waals surface area contributed by atoms with Crippen LogP contribution >= 0.6 is 0 Å². The molecule has 0 radical (unpaired) electrons. The highest BCUT2D eigenvalue weighted by molar-refractivity contribution is 7.89. The molecule has 0 spiro atoms. The van der Waals surface area contributed by atoms with Gasteiger partial charge in [0.1, 0.15) is 5.75 Å². The second kappa shape index (κ2) is 9.81. The fourth-order valence-corrected chi connectivity index (χ4v) is 3.43. The van der Waals surface area contributed by atoms with E-state index in [1.807, 2.05) is 0 Å². The van der Waals surface area contributed by atoms with Crippen molar-refractivity contribution in [3.63, 3.8) is 0 Å². The molecule has 150 valence electrons. The van der Waals surface area contributed by atoms with Crippen LogP contribution in [0.4, 0.5) is 0 Å². The first kappa shape index (κ1) is 21.3. The molecule has 2 amide bonds. The van der Waals surface area contributed by atoms with Crippen LogP contribution in [0.25, 0.3) is 0 Å². The van der Waals surface area contributed by atoms with E-state index in [1.165, 1.54) is 44.5 Å². The lowest BCUT2D eigenvalue weighted by molar-refractivity contribution is -0.122. The van der Waals surface area contributed by atoms with E-state index in [2.05, 4.69) is 20.3 Å². The van der Waals surface area contributed by atoms with E-state index < -0.39 is 22.0 Å². The SMILES string of the molecule is COc1ccc(S(=O)(=O)N[C@@H](C)C(=O)NCCNC(=O)c2cccnc2)cc1. The highest BCUT2D eigenvalue weighted by atomic mass is 32.2. The Bertz CT molecular complexity index is 901. The minimum atomic E-state index is -3.85. The number of carbonyl (C=O) groups excluding carboxylic acids is 2. The molecule has 10 heteroatoms. The van der Waals surface area contributed by atoms with Crippen LogP contribution in [0.3, 0.4) is 0 Å². The molecule has 0 saturated heterocycles. The van der Waals surface area contributed by atoms with Gasteiger partial charge in [-0.25, -0.2) is 8.42 Å². The van der Waals surface area contributed by atoms with Gasteiger partial charge in [0.2, 0.25) is 15.9 Å². The largest absolute Gasteiger partial charge is 0.497 e. The highest BCUT2D eigenvalue weighted by Gasteiger charge is 2.21. The van der Waals surface area contributed by atoms with Crippen LogP contribution in [0, 0.1) is 0 Å². The summed E-state index contributed by atoms with van der Waals surface area (Å²) in [7, 11) is -2.37. The van der Waals surface area contributed by atoms with E-state index in [1.54, 1.807) is 18.3 Å². The molecule has 0 bridgehead atoms. The first-order valence-electron chi connectivity index (χ1n) is 8.46. The van der Waals surface area contributed by atoms with Crippen LogP contribution in [0.2, 0.25) is 0 Å². The van der Waals surface area contributed by atoms with E-state index in [-0.39, 0.29) is 23.9 Å². The molecule has 2 aromatic rings. The maximum Gasteiger partial charge on any atom is 0.252 e. The van der Waals surface area contributed by atoms with E-state index >= 15 is 0 Å². The van der Waals surface area contributed by atoms with Crippen LogP contribution in [0.15, 0.2) is 53.7 Å². The zero-order valence-corrected chi connectivity index (χ0v) is 16.3. The number of amides is 2. The summed E-state index contributed by atoms with van der Waals surface area (Å²) in [5, 5.41) is 5.20. The Morgan fingerprint density at radius 2 is 1.79 bits per heavy atom. The van der Waals surface area contributed by atoms with Crippen LogP contribution in [0.5, 0.6) is 5.75 Å². The van der Waals surface area contributed by atoms with Gasteiger partial charge in [-0.3, -0.25) is 14.6 Å². The quantitative estimate of drug-likeness (QED) is 0.514. The van der Waals surface area contributed by atoms with Crippen molar-refractivity contribution in [2.75, 3.05) is 20.2 Å². The summed E-state index contributed by atoms with van der Waals surface area (Å²) in [4.78, 5) is 27.8. The average molecular weight is 406 g/mol. The maximum atomic E-state index is 12.3. The van der Waals surface area contributed by atoms with Crippen LogP contribution in [-0.2, 0) is 14.8 Å². The molecule has 28 heavy (non-hydrogen) atoms. The first-order valence-corrected chi connectivity index (χ1v) is 9.94. The summed E-state index contributed by atoms with van der Waals surface area (Å²) in [6.07, 6.45) is 3.00. The Labute approximate surface area is 163 Å². The number of methoxy groups -OCH3 is 1. The molecular formula is C18H22N4O5S. The van der Waals surface area contributed by atoms with Gasteiger partial charge < -0.3 is 15.4 Å². The van der Waals surface area contributed by atoms with Crippen molar-refractivity contribution in [1.82, 2.24) is 20.3 Å². The Balaban J connectivity index is 1.79. The van der Waals surface area contributed by atoms with Gasteiger partial charge >= 0.3 is 0 Å². The van der Waals surface area contributed by atoms with E-state index in [4.69, 9.17) is 4.74 Å². The molecule has 9 nitrogen and oxygen atoms in total. The lowest BCUT2D eigenvalue weighted by Gasteiger charge is -2.15. The van der Waals surface area contributed by atoms with Crippen molar-refractivity contribution in [1.29, 1.82) is 0 Å². The third kappa shape index (κ3) is 6.03. The Hall–Kier alpha value is -2.98. The topological polar surface area (TPSA) is 126 Å². The second-order valence-electron chi connectivity index (χ2n) is 5.81. The van der Waals surface area contributed by atoms with Gasteiger partial charge in [-0.15, -0.1) is 0 Å². The number of nitrogens with zero attached hydrogens (tertiary/aromatic N) is 1. The van der Waals surface area contributed by atoms with Crippen molar-refractivity contribution in [3.8, 4) is 5.75 Å². The molecule has 3 N–H and O–H groups in total. The number of sulfonamides is 1. The summed E-state index contributed by atoms with van der Waals surface area (Å²) in [5.41, 5.74) is 0.412. The van der Waals surface area contributed by atoms with Crippen molar-refractivity contribution in [3.05, 3.63) is 54.4 Å². The molecule has 0 aliphatic heterocycles. The number of aromatic nitrogens is 1. The fraction of sp³-hybridized carbons (Fsp3) is 0.278. The summed E-state index contributed by atoms with van der Waals surface area (Å²) in [5.74, 6) is -0.290. The second-order valence-corrected chi connectivity index (χ2v) is 7.52. The lowest BCUT2D eigenvalue weighted by Crippen LogP contribution is -2.46. The number of benzene rings is 1. The minimum absolute atomic E-state index is 0.0247. The van der Waals surface area contributed by atoms with Crippen molar-refractivity contribution >= 4 is 21.8 Å². The number of nitrogens with one attached hydrogen (secondary N) is 3. The van der Waals surface area contributed by atoms with E-state index in [9.17, 15) is 18.0 Å². The third-order valence-corrected chi connectivity index (χ3v) is 5.29. The Morgan fingerprint density at radius 3 is 2.39 bits per heavy atom. The van der Waals surface area contributed by atoms with Gasteiger partial charge in [-0.1, -0.05) is 0 Å². The summed E-state index contributed by atoms with van der Waals surface area (Å²) in [6.45, 7) is 1.78. The van der Waals surface area contributed by atoms with E-state index in [0.29, 0.717) is 11.3 Å². The number of hydrogen-bond donors (Lipinski definition) is 3. The molecule has 0 aliphatic carbocycles. The maximum absolute atomic E-state index is 12.3. The molecule has 1 aromatic heterocycles. The average Bonchev–Trinajstić information content (AvgIpc) is 2.71. The van der Waals surface area contributed by atoms with Gasteiger partial charge in [0.05, 0.1) is 23.6 Å². The zero-order chi connectivity index (χ0) is 20.6.